The highest BCUT2D eigenvalue weighted by atomic mass is 16.5. The Morgan fingerprint density at radius 3 is 2.33 bits per heavy atom. The lowest BCUT2D eigenvalue weighted by Gasteiger charge is -2.31. The molecule has 2 heterocycles. The minimum atomic E-state index is -0.818. The highest BCUT2D eigenvalue weighted by molar-refractivity contribution is 6.22. The van der Waals surface area contributed by atoms with Crippen LogP contribution >= 0.6 is 0 Å². The van der Waals surface area contributed by atoms with Gasteiger partial charge in [-0.1, -0.05) is 4.99 Å². The van der Waals surface area contributed by atoms with E-state index in [0.717, 1.165) is 11.3 Å². The average molecular weight is 426 g/mol. The van der Waals surface area contributed by atoms with E-state index in [1.807, 2.05) is 13.8 Å². The molecule has 168 valence electrons. The maximum Gasteiger partial charge on any atom is 0.390 e. The molecule has 0 radical (unpaired) electrons. The Bertz CT molecular complexity index is 708. The van der Waals surface area contributed by atoms with Gasteiger partial charge in [0.1, 0.15) is 6.54 Å². The van der Waals surface area contributed by atoms with Gasteiger partial charge in [0, 0.05) is 53.5 Å². The van der Waals surface area contributed by atoms with Crippen molar-refractivity contribution in [3.05, 3.63) is 0 Å². The molecule has 2 aliphatic rings. The molecule has 1 fully saturated rings. The molecule has 11 heteroatoms. The number of urea groups is 1. The summed E-state index contributed by atoms with van der Waals surface area (Å²) in [6.45, 7) is 7.29. The number of hydrogen-bond acceptors (Lipinski definition) is 7. The van der Waals surface area contributed by atoms with Crippen molar-refractivity contribution in [1.29, 1.82) is 0 Å². The number of guanidine groups is 1. The summed E-state index contributed by atoms with van der Waals surface area (Å²) in [5.41, 5.74) is 0. The summed E-state index contributed by atoms with van der Waals surface area (Å²) < 4.78 is 12.2. The van der Waals surface area contributed by atoms with Crippen LogP contribution in [-0.2, 0) is 19.1 Å². The number of imide groups is 1. The predicted octanol–water partition coefficient (Wildman–Crippen LogP) is -0.782. The van der Waals surface area contributed by atoms with E-state index in [1.165, 1.54) is 11.9 Å². The largest absolute Gasteiger partial charge is 0.390 e. The van der Waals surface area contributed by atoms with Gasteiger partial charge in [-0.25, -0.2) is 9.37 Å². The topological polar surface area (TPSA) is 116 Å². The predicted molar refractivity (Wildman–Crippen MR) is 111 cm³/mol. The molecule has 1 saturated heterocycles. The number of carbonyl (C=O) groups excluding carboxylic acids is 3. The van der Waals surface area contributed by atoms with Crippen molar-refractivity contribution in [2.24, 2.45) is 4.99 Å². The number of nitrogens with one attached hydrogen (secondary N) is 2. The normalized spacial score (nSPS) is 18.7. The number of ether oxygens (including phenoxy) is 2. The Morgan fingerprint density at radius 1 is 1.07 bits per heavy atom. The molecule has 0 aliphatic carbocycles. The quantitative estimate of drug-likeness (QED) is 0.313. The molecule has 0 saturated carbocycles. The molecule has 2 rings (SSSR count). The number of rotatable bonds is 12. The monoisotopic (exact) mass is 425 g/mol. The van der Waals surface area contributed by atoms with E-state index >= 15 is 0 Å². The van der Waals surface area contributed by atoms with Gasteiger partial charge in [0.25, 0.3) is 11.8 Å². The Hall–Kier alpha value is -2.53. The Labute approximate surface area is 177 Å². The molecular weight excluding hydrogens is 392 g/mol. The van der Waals surface area contributed by atoms with E-state index in [1.54, 1.807) is 11.6 Å². The number of amidine groups is 1. The third kappa shape index (κ3) is 5.76. The SMILES string of the molecule is CCOCCCNC(=O)C[N+]1=C(NCCCOCC)N=C2C1C(=O)N(C)C(=O)N2C. The fourth-order valence-corrected chi connectivity index (χ4v) is 3.18. The third-order valence-electron chi connectivity index (χ3n) is 4.79. The van der Waals surface area contributed by atoms with Gasteiger partial charge >= 0.3 is 12.0 Å². The maximum atomic E-state index is 12.8. The van der Waals surface area contributed by atoms with Gasteiger partial charge in [-0.2, -0.15) is 0 Å². The second-order valence-electron chi connectivity index (χ2n) is 6.94. The van der Waals surface area contributed by atoms with E-state index in [4.69, 9.17) is 9.47 Å². The Balaban J connectivity index is 2.09. The summed E-state index contributed by atoms with van der Waals surface area (Å²) in [5, 5.41) is 6.01. The Kier molecular flexibility index (Phi) is 9.18. The molecule has 0 bridgehead atoms. The first-order chi connectivity index (χ1) is 14.4. The fourth-order valence-electron chi connectivity index (χ4n) is 3.18. The fraction of sp³-hybridized carbons (Fsp3) is 0.737. The van der Waals surface area contributed by atoms with Crippen LogP contribution in [-0.4, -0.2) is 110 Å². The minimum absolute atomic E-state index is 0.0539. The van der Waals surface area contributed by atoms with Crippen LogP contribution in [0.25, 0.3) is 0 Å². The van der Waals surface area contributed by atoms with E-state index < -0.39 is 18.0 Å². The van der Waals surface area contributed by atoms with Crippen LogP contribution in [0.2, 0.25) is 0 Å². The van der Waals surface area contributed by atoms with Crippen molar-refractivity contribution in [3.8, 4) is 0 Å². The zero-order valence-electron chi connectivity index (χ0n) is 18.3. The smallest absolute Gasteiger partial charge is 0.382 e. The summed E-state index contributed by atoms with van der Waals surface area (Å²) in [6.07, 6.45) is 1.45. The average Bonchev–Trinajstić information content (AvgIpc) is 3.08. The van der Waals surface area contributed by atoms with Crippen LogP contribution in [0.5, 0.6) is 0 Å². The van der Waals surface area contributed by atoms with E-state index in [2.05, 4.69) is 15.6 Å². The van der Waals surface area contributed by atoms with Crippen molar-refractivity contribution in [1.82, 2.24) is 20.4 Å². The van der Waals surface area contributed by atoms with Crippen LogP contribution in [0, 0.1) is 0 Å². The van der Waals surface area contributed by atoms with Crippen LogP contribution in [0.3, 0.4) is 0 Å². The van der Waals surface area contributed by atoms with Crippen LogP contribution in [0.4, 0.5) is 4.79 Å². The lowest BCUT2D eigenvalue weighted by atomic mass is 10.1. The summed E-state index contributed by atoms with van der Waals surface area (Å²) in [4.78, 5) is 44.4. The van der Waals surface area contributed by atoms with Gasteiger partial charge in [-0.3, -0.25) is 24.7 Å². The molecule has 11 nitrogen and oxygen atoms in total. The summed E-state index contributed by atoms with van der Waals surface area (Å²) in [6, 6.07) is -1.27. The molecule has 0 aromatic carbocycles. The van der Waals surface area contributed by atoms with Gasteiger partial charge in [-0.15, -0.1) is 0 Å². The second kappa shape index (κ2) is 11.6. The van der Waals surface area contributed by atoms with E-state index in [9.17, 15) is 14.4 Å². The number of aliphatic imine (C=N–C) groups is 1. The molecule has 4 amide bonds. The standard InChI is InChI=1S/C19H32N6O5/c1-5-29-11-7-9-20-14(26)13-25-15-16(23(3)19(28)24(4)17(15)27)22-18(25)21-10-8-12-30-6-2/h15H,5-13H2,1-4H3,(H,20,26)/p+1. The molecule has 2 N–H and O–H groups in total. The maximum absolute atomic E-state index is 12.8. The lowest BCUT2D eigenvalue weighted by molar-refractivity contribution is -0.526. The number of amides is 4. The highest BCUT2D eigenvalue weighted by Crippen LogP contribution is 2.18. The van der Waals surface area contributed by atoms with Crippen LogP contribution < -0.4 is 10.6 Å². The lowest BCUT2D eigenvalue weighted by Crippen LogP contribution is -2.62. The number of carbonyl (C=O) groups is 3. The number of likely N-dealkylation sites (N-methyl/N-ethyl adjacent to an activating group) is 2. The molecule has 2 aliphatic heterocycles. The van der Waals surface area contributed by atoms with Crippen molar-refractivity contribution in [3.63, 3.8) is 0 Å². The molecule has 0 aromatic rings. The first-order valence-electron chi connectivity index (χ1n) is 10.4. The van der Waals surface area contributed by atoms with E-state index in [-0.39, 0.29) is 12.5 Å². The zero-order valence-corrected chi connectivity index (χ0v) is 18.3. The third-order valence-corrected chi connectivity index (χ3v) is 4.79. The van der Waals surface area contributed by atoms with Crippen molar-refractivity contribution in [2.45, 2.75) is 32.7 Å². The summed E-state index contributed by atoms with van der Waals surface area (Å²) in [7, 11) is 3.00. The first-order valence-corrected chi connectivity index (χ1v) is 10.4. The van der Waals surface area contributed by atoms with E-state index in [0.29, 0.717) is 57.7 Å². The summed E-state index contributed by atoms with van der Waals surface area (Å²) >= 11 is 0. The molecule has 0 spiro atoms. The second-order valence-corrected chi connectivity index (χ2v) is 6.94. The van der Waals surface area contributed by atoms with Crippen LogP contribution in [0.15, 0.2) is 4.99 Å². The van der Waals surface area contributed by atoms with Gasteiger partial charge in [0.2, 0.25) is 11.9 Å². The molecule has 1 unspecified atom stereocenters. The van der Waals surface area contributed by atoms with Gasteiger partial charge in [-0.05, 0) is 20.3 Å². The highest BCUT2D eigenvalue weighted by Gasteiger charge is 2.51. The summed E-state index contributed by atoms with van der Waals surface area (Å²) in [5.74, 6) is 0.0810. The number of nitrogens with zero attached hydrogens (tertiary/aromatic N) is 4. The van der Waals surface area contributed by atoms with Gasteiger partial charge in [0.15, 0.2) is 0 Å². The minimum Gasteiger partial charge on any atom is -0.382 e. The van der Waals surface area contributed by atoms with Crippen molar-refractivity contribution >= 4 is 29.6 Å². The number of hydrogen-bond donors (Lipinski definition) is 2. The van der Waals surface area contributed by atoms with Crippen molar-refractivity contribution in [2.75, 3.05) is 60.2 Å². The molecule has 30 heavy (non-hydrogen) atoms. The molecular formula is C19H33N6O5+. The molecule has 0 aromatic heterocycles. The zero-order chi connectivity index (χ0) is 22.1. The van der Waals surface area contributed by atoms with Gasteiger partial charge < -0.3 is 14.8 Å². The number of fused-ring (bicyclic) bond motifs is 1. The van der Waals surface area contributed by atoms with Crippen molar-refractivity contribution < 1.29 is 28.4 Å². The molecule has 1 atom stereocenters. The van der Waals surface area contributed by atoms with Crippen LogP contribution in [0.1, 0.15) is 26.7 Å². The Morgan fingerprint density at radius 2 is 1.70 bits per heavy atom. The van der Waals surface area contributed by atoms with Gasteiger partial charge in [0.05, 0.1) is 6.54 Å². The first kappa shape index (κ1) is 23.7.